The second-order valence-corrected chi connectivity index (χ2v) is 9.30. The third kappa shape index (κ3) is 2.75. The molecule has 1 fully saturated rings. The number of hydrogen-bond donors (Lipinski definition) is 0. The van der Waals surface area contributed by atoms with Crippen LogP contribution in [0.3, 0.4) is 0 Å². The number of hydrogen-bond acceptors (Lipinski definition) is 4. The summed E-state index contributed by atoms with van der Waals surface area (Å²) in [6.07, 6.45) is 2.54. The van der Waals surface area contributed by atoms with Crippen LogP contribution in [0.15, 0.2) is 70.1 Å². The van der Waals surface area contributed by atoms with Crippen molar-refractivity contribution in [3.05, 3.63) is 82.7 Å². The molecule has 2 bridgehead atoms. The van der Waals surface area contributed by atoms with E-state index in [9.17, 15) is 9.59 Å². The van der Waals surface area contributed by atoms with Gasteiger partial charge in [-0.1, -0.05) is 18.2 Å². The van der Waals surface area contributed by atoms with E-state index in [1.807, 2.05) is 21.6 Å². The van der Waals surface area contributed by atoms with Crippen molar-refractivity contribution in [3.63, 3.8) is 0 Å². The predicted molar refractivity (Wildman–Crippen MR) is 117 cm³/mol. The van der Waals surface area contributed by atoms with E-state index in [1.54, 1.807) is 29.5 Å². The van der Waals surface area contributed by atoms with Crippen molar-refractivity contribution in [2.75, 3.05) is 13.1 Å². The standard InChI is InChI=1S/C24H20N2O3S/c27-22-8-7-18(21-11-16-4-1-2-6-20(16)30-21)23-17-10-15(13-26(22)23)12-25(14-17)24(28)19-5-3-9-29-19/h1-9,11,15,17H,10,12-14H2/t15-,17-/m0/s1. The van der Waals surface area contributed by atoms with Crippen LogP contribution in [0, 0.1) is 5.92 Å². The van der Waals surface area contributed by atoms with Gasteiger partial charge in [-0.2, -0.15) is 0 Å². The first-order valence-corrected chi connectivity index (χ1v) is 11.0. The number of rotatable bonds is 2. The molecule has 2 atom stereocenters. The Balaban J connectivity index is 1.44. The Hall–Kier alpha value is -3.12. The van der Waals surface area contributed by atoms with Crippen molar-refractivity contribution in [2.24, 2.45) is 5.92 Å². The van der Waals surface area contributed by atoms with Crippen LogP contribution in [0.2, 0.25) is 0 Å². The number of furan rings is 1. The number of pyridine rings is 1. The lowest BCUT2D eigenvalue weighted by Crippen LogP contribution is -2.49. The molecule has 6 rings (SSSR count). The van der Waals surface area contributed by atoms with Gasteiger partial charge in [0.1, 0.15) is 0 Å². The van der Waals surface area contributed by atoms with E-state index in [0.29, 0.717) is 25.4 Å². The topological polar surface area (TPSA) is 55.5 Å². The molecular weight excluding hydrogens is 396 g/mol. The molecule has 1 aromatic carbocycles. The molecule has 2 aliphatic rings. The van der Waals surface area contributed by atoms with Crippen LogP contribution in [0.5, 0.6) is 0 Å². The Morgan fingerprint density at radius 1 is 1.03 bits per heavy atom. The van der Waals surface area contributed by atoms with Crippen molar-refractivity contribution in [1.29, 1.82) is 0 Å². The number of carbonyl (C=O) groups is 1. The van der Waals surface area contributed by atoms with Gasteiger partial charge in [0, 0.05) is 52.5 Å². The molecule has 2 aliphatic heterocycles. The highest BCUT2D eigenvalue weighted by Gasteiger charge is 2.38. The molecule has 0 aliphatic carbocycles. The third-order valence-electron chi connectivity index (χ3n) is 6.30. The first-order chi connectivity index (χ1) is 14.7. The van der Waals surface area contributed by atoms with Crippen molar-refractivity contribution in [2.45, 2.75) is 18.9 Å². The Morgan fingerprint density at radius 3 is 2.77 bits per heavy atom. The van der Waals surface area contributed by atoms with Gasteiger partial charge in [-0.25, -0.2) is 0 Å². The monoisotopic (exact) mass is 416 g/mol. The molecule has 0 radical (unpaired) electrons. The van der Waals surface area contributed by atoms with Crippen LogP contribution in [0.1, 0.15) is 28.6 Å². The number of nitrogens with zero attached hydrogens (tertiary/aromatic N) is 2. The second-order valence-electron chi connectivity index (χ2n) is 8.22. The third-order valence-corrected chi connectivity index (χ3v) is 7.45. The maximum absolute atomic E-state index is 12.9. The number of aromatic nitrogens is 1. The van der Waals surface area contributed by atoms with E-state index in [-0.39, 0.29) is 23.3 Å². The van der Waals surface area contributed by atoms with Gasteiger partial charge in [0.25, 0.3) is 11.5 Å². The normalized spacial score (nSPS) is 20.3. The van der Waals surface area contributed by atoms with E-state index < -0.39 is 0 Å². The van der Waals surface area contributed by atoms with Crippen molar-refractivity contribution in [1.82, 2.24) is 9.47 Å². The SMILES string of the molecule is O=C(c1ccco1)N1C[C@@H]2C[C@@H](C1)c1c(-c3cc4ccccc4s3)ccc(=O)n1C2. The number of fused-ring (bicyclic) bond motifs is 5. The lowest BCUT2D eigenvalue weighted by Gasteiger charge is -2.43. The molecular formula is C24H20N2O3S. The van der Waals surface area contributed by atoms with E-state index in [4.69, 9.17) is 4.42 Å². The molecule has 3 aromatic heterocycles. The Kier molecular flexibility index (Phi) is 3.96. The maximum atomic E-state index is 12.9. The zero-order chi connectivity index (χ0) is 20.2. The number of amides is 1. The fourth-order valence-electron chi connectivity index (χ4n) is 5.06. The number of piperidine rings is 1. The van der Waals surface area contributed by atoms with Crippen molar-refractivity contribution in [3.8, 4) is 10.4 Å². The molecule has 5 nitrogen and oxygen atoms in total. The second kappa shape index (κ2) is 6.71. The van der Waals surface area contributed by atoms with E-state index in [1.165, 1.54) is 21.2 Å². The molecule has 0 N–H and O–H groups in total. The summed E-state index contributed by atoms with van der Waals surface area (Å²) in [6, 6.07) is 17.7. The summed E-state index contributed by atoms with van der Waals surface area (Å²) in [7, 11) is 0. The Bertz CT molecular complexity index is 1280. The molecule has 1 amide bonds. The summed E-state index contributed by atoms with van der Waals surface area (Å²) in [5.74, 6) is 0.742. The smallest absolute Gasteiger partial charge is 0.289 e. The summed E-state index contributed by atoms with van der Waals surface area (Å²) in [4.78, 5) is 28.7. The van der Waals surface area contributed by atoms with Gasteiger partial charge in [0.15, 0.2) is 5.76 Å². The van der Waals surface area contributed by atoms with Gasteiger partial charge in [-0.05, 0) is 48.1 Å². The van der Waals surface area contributed by atoms with Crippen LogP contribution in [-0.2, 0) is 6.54 Å². The van der Waals surface area contributed by atoms with Gasteiger partial charge in [0.05, 0.1) is 6.26 Å². The predicted octanol–water partition coefficient (Wildman–Crippen LogP) is 4.58. The molecule has 0 saturated carbocycles. The zero-order valence-electron chi connectivity index (χ0n) is 16.3. The fourth-order valence-corrected chi connectivity index (χ4v) is 6.16. The summed E-state index contributed by atoms with van der Waals surface area (Å²) < 4.78 is 8.53. The highest BCUT2D eigenvalue weighted by molar-refractivity contribution is 7.22. The minimum absolute atomic E-state index is 0.0513. The van der Waals surface area contributed by atoms with E-state index in [0.717, 1.165) is 17.7 Å². The first-order valence-electron chi connectivity index (χ1n) is 10.2. The van der Waals surface area contributed by atoms with Gasteiger partial charge >= 0.3 is 0 Å². The maximum Gasteiger partial charge on any atom is 0.289 e. The number of benzene rings is 1. The average Bonchev–Trinajstić information content (AvgIpc) is 3.43. The van der Waals surface area contributed by atoms with Gasteiger partial charge in [-0.15, -0.1) is 11.3 Å². The van der Waals surface area contributed by atoms with Gasteiger partial charge in [0.2, 0.25) is 0 Å². The zero-order valence-corrected chi connectivity index (χ0v) is 17.1. The lowest BCUT2D eigenvalue weighted by atomic mass is 9.81. The van der Waals surface area contributed by atoms with E-state index >= 15 is 0 Å². The lowest BCUT2D eigenvalue weighted by molar-refractivity contribution is 0.0564. The largest absolute Gasteiger partial charge is 0.459 e. The highest BCUT2D eigenvalue weighted by atomic mass is 32.1. The quantitative estimate of drug-likeness (QED) is 0.481. The molecule has 6 heteroatoms. The highest BCUT2D eigenvalue weighted by Crippen LogP contribution is 2.42. The summed E-state index contributed by atoms with van der Waals surface area (Å²) in [5.41, 5.74) is 2.24. The van der Waals surface area contributed by atoms with Crippen LogP contribution in [0.4, 0.5) is 0 Å². The molecule has 0 unspecified atom stereocenters. The molecule has 0 spiro atoms. The summed E-state index contributed by atoms with van der Waals surface area (Å²) in [6.45, 7) is 1.93. The van der Waals surface area contributed by atoms with Gasteiger partial charge in [-0.3, -0.25) is 9.59 Å². The summed E-state index contributed by atoms with van der Waals surface area (Å²) >= 11 is 1.75. The molecule has 1 saturated heterocycles. The van der Waals surface area contributed by atoms with Crippen LogP contribution >= 0.6 is 11.3 Å². The molecule has 150 valence electrons. The molecule has 4 aromatic rings. The number of carbonyl (C=O) groups excluding carboxylic acids is 1. The Labute approximate surface area is 177 Å². The minimum Gasteiger partial charge on any atom is -0.459 e. The van der Waals surface area contributed by atoms with Crippen LogP contribution in [-0.4, -0.2) is 28.5 Å². The number of likely N-dealkylation sites (tertiary alicyclic amines) is 1. The van der Waals surface area contributed by atoms with Crippen LogP contribution in [0.25, 0.3) is 20.5 Å². The van der Waals surface area contributed by atoms with Crippen molar-refractivity contribution >= 4 is 27.3 Å². The van der Waals surface area contributed by atoms with Crippen molar-refractivity contribution < 1.29 is 9.21 Å². The first kappa shape index (κ1) is 17.7. The Morgan fingerprint density at radius 2 is 1.93 bits per heavy atom. The average molecular weight is 417 g/mol. The number of thiophene rings is 1. The minimum atomic E-state index is -0.0650. The van der Waals surface area contributed by atoms with Gasteiger partial charge < -0.3 is 13.9 Å². The summed E-state index contributed by atoms with van der Waals surface area (Å²) in [5, 5.41) is 1.22. The molecule has 30 heavy (non-hydrogen) atoms. The van der Waals surface area contributed by atoms with E-state index in [2.05, 4.69) is 24.3 Å². The van der Waals surface area contributed by atoms with Crippen LogP contribution < -0.4 is 5.56 Å². The fraction of sp³-hybridized carbons (Fsp3) is 0.250. The molecule has 5 heterocycles.